The van der Waals surface area contributed by atoms with Crippen molar-refractivity contribution in [3.63, 3.8) is 0 Å². The van der Waals surface area contributed by atoms with E-state index in [4.69, 9.17) is 10.5 Å². The van der Waals surface area contributed by atoms with E-state index in [-0.39, 0.29) is 19.4 Å². The van der Waals surface area contributed by atoms with Crippen LogP contribution in [0.2, 0.25) is 0 Å². The zero-order chi connectivity index (χ0) is 15.9. The summed E-state index contributed by atoms with van der Waals surface area (Å²) in [6.07, 6.45) is 0.711. The van der Waals surface area contributed by atoms with Crippen molar-refractivity contribution in [2.45, 2.75) is 25.5 Å². The predicted octanol–water partition coefficient (Wildman–Crippen LogP) is -0.0869. The molecule has 1 aromatic rings. The van der Waals surface area contributed by atoms with Crippen molar-refractivity contribution in [2.75, 3.05) is 6.26 Å². The van der Waals surface area contributed by atoms with Crippen molar-refractivity contribution in [1.29, 1.82) is 0 Å². The highest BCUT2D eigenvalue weighted by molar-refractivity contribution is 7.89. The van der Waals surface area contributed by atoms with E-state index in [2.05, 4.69) is 0 Å². The van der Waals surface area contributed by atoms with E-state index >= 15 is 0 Å². The number of carbonyl (C=O) groups excluding carboxylic acids is 2. The standard InChI is InChI=1S/C13H18N2O5S/c1-21(18,19)15-12(16)8-7-11(14)13(17)20-9-10-5-3-2-4-6-10/h2-6,11H,7-9,14H2,1H3,(H,15,16)/t11-/m0/s1. The first-order valence-electron chi connectivity index (χ1n) is 6.24. The maximum absolute atomic E-state index is 11.6. The van der Waals surface area contributed by atoms with Gasteiger partial charge in [0, 0.05) is 6.42 Å². The Morgan fingerprint density at radius 1 is 1.29 bits per heavy atom. The Labute approximate surface area is 123 Å². The number of amides is 1. The van der Waals surface area contributed by atoms with Gasteiger partial charge in [0.25, 0.3) is 0 Å². The van der Waals surface area contributed by atoms with Gasteiger partial charge in [-0.1, -0.05) is 30.3 Å². The van der Waals surface area contributed by atoms with E-state index in [0.29, 0.717) is 0 Å². The largest absolute Gasteiger partial charge is 0.460 e. The van der Waals surface area contributed by atoms with Gasteiger partial charge in [0.1, 0.15) is 12.6 Å². The lowest BCUT2D eigenvalue weighted by Gasteiger charge is -2.11. The van der Waals surface area contributed by atoms with Gasteiger partial charge >= 0.3 is 5.97 Å². The molecule has 0 aliphatic rings. The van der Waals surface area contributed by atoms with E-state index in [0.717, 1.165) is 11.8 Å². The first kappa shape index (κ1) is 17.1. The maximum atomic E-state index is 11.6. The number of nitrogens with two attached hydrogens (primary N) is 1. The van der Waals surface area contributed by atoms with Gasteiger partial charge in [0.15, 0.2) is 0 Å². The number of carbonyl (C=O) groups is 2. The van der Waals surface area contributed by atoms with E-state index < -0.39 is 27.9 Å². The summed E-state index contributed by atoms with van der Waals surface area (Å²) < 4.78 is 28.5. The Balaban J connectivity index is 2.33. The molecular weight excluding hydrogens is 296 g/mol. The van der Waals surface area contributed by atoms with Gasteiger partial charge in [-0.25, -0.2) is 8.42 Å². The first-order chi connectivity index (χ1) is 9.78. The molecule has 0 heterocycles. The maximum Gasteiger partial charge on any atom is 0.323 e. The lowest BCUT2D eigenvalue weighted by Crippen LogP contribution is -2.35. The third-order valence-electron chi connectivity index (χ3n) is 2.51. The molecule has 0 radical (unpaired) electrons. The summed E-state index contributed by atoms with van der Waals surface area (Å²) in [4.78, 5) is 22.9. The van der Waals surface area contributed by atoms with Crippen molar-refractivity contribution < 1.29 is 22.7 Å². The highest BCUT2D eigenvalue weighted by Crippen LogP contribution is 2.03. The summed E-state index contributed by atoms with van der Waals surface area (Å²) >= 11 is 0. The fourth-order valence-corrected chi connectivity index (χ4v) is 2.01. The van der Waals surface area contributed by atoms with Crippen molar-refractivity contribution in [3.05, 3.63) is 35.9 Å². The third kappa shape index (κ3) is 7.42. The highest BCUT2D eigenvalue weighted by atomic mass is 32.2. The summed E-state index contributed by atoms with van der Waals surface area (Å²) in [5.74, 6) is -1.34. The lowest BCUT2D eigenvalue weighted by molar-refractivity contribution is -0.146. The Morgan fingerprint density at radius 2 is 1.90 bits per heavy atom. The summed E-state index contributed by atoms with van der Waals surface area (Å²) in [5.41, 5.74) is 6.42. The smallest absolute Gasteiger partial charge is 0.323 e. The third-order valence-corrected chi connectivity index (χ3v) is 3.11. The van der Waals surface area contributed by atoms with Crippen molar-refractivity contribution >= 4 is 21.9 Å². The second-order valence-electron chi connectivity index (χ2n) is 4.54. The minimum Gasteiger partial charge on any atom is -0.460 e. The Kier molecular flexibility index (Phi) is 6.32. The molecule has 1 rings (SSSR count). The van der Waals surface area contributed by atoms with Crippen LogP contribution < -0.4 is 10.5 Å². The summed E-state index contributed by atoms with van der Waals surface area (Å²) in [5, 5.41) is 0. The van der Waals surface area contributed by atoms with E-state index in [9.17, 15) is 18.0 Å². The van der Waals surface area contributed by atoms with Crippen LogP contribution in [0.1, 0.15) is 18.4 Å². The number of rotatable bonds is 7. The first-order valence-corrected chi connectivity index (χ1v) is 8.14. The van der Waals surface area contributed by atoms with Gasteiger partial charge < -0.3 is 10.5 Å². The van der Waals surface area contributed by atoms with Crippen LogP contribution in [-0.2, 0) is 31.0 Å². The van der Waals surface area contributed by atoms with Crippen LogP contribution >= 0.6 is 0 Å². The van der Waals surface area contributed by atoms with Gasteiger partial charge in [0.2, 0.25) is 15.9 Å². The molecule has 0 unspecified atom stereocenters. The van der Waals surface area contributed by atoms with E-state index in [1.807, 2.05) is 18.2 Å². The number of ether oxygens (including phenoxy) is 1. The second-order valence-corrected chi connectivity index (χ2v) is 6.28. The highest BCUT2D eigenvalue weighted by Gasteiger charge is 2.17. The zero-order valence-corrected chi connectivity index (χ0v) is 12.4. The number of sulfonamides is 1. The predicted molar refractivity (Wildman–Crippen MR) is 76.4 cm³/mol. The molecule has 0 saturated heterocycles. The van der Waals surface area contributed by atoms with Crippen molar-refractivity contribution in [3.8, 4) is 0 Å². The SMILES string of the molecule is CS(=O)(=O)NC(=O)CC[C@H](N)C(=O)OCc1ccccc1. The molecule has 8 heteroatoms. The minimum absolute atomic E-state index is 0.00891. The van der Waals surface area contributed by atoms with Crippen LogP contribution in [0, 0.1) is 0 Å². The molecule has 0 aromatic heterocycles. The van der Waals surface area contributed by atoms with Crippen LogP contribution in [0.3, 0.4) is 0 Å². The quantitative estimate of drug-likeness (QED) is 0.680. The Morgan fingerprint density at radius 3 is 2.48 bits per heavy atom. The van der Waals surface area contributed by atoms with Crippen LogP contribution in [-0.4, -0.2) is 32.6 Å². The molecule has 0 aliphatic carbocycles. The Hall–Kier alpha value is -1.93. The van der Waals surface area contributed by atoms with Crippen LogP contribution in [0.15, 0.2) is 30.3 Å². The fraction of sp³-hybridized carbons (Fsp3) is 0.385. The molecule has 1 atom stereocenters. The van der Waals surface area contributed by atoms with Crippen LogP contribution in [0.5, 0.6) is 0 Å². The summed E-state index contributed by atoms with van der Waals surface area (Å²) in [6.45, 7) is 0.100. The molecule has 116 valence electrons. The lowest BCUT2D eigenvalue weighted by atomic mass is 10.1. The number of esters is 1. The number of nitrogens with one attached hydrogen (secondary N) is 1. The molecule has 3 N–H and O–H groups in total. The molecule has 0 bridgehead atoms. The van der Waals surface area contributed by atoms with Gasteiger partial charge in [-0.05, 0) is 12.0 Å². The molecule has 0 saturated carbocycles. The molecule has 0 aliphatic heterocycles. The van der Waals surface area contributed by atoms with Crippen molar-refractivity contribution in [2.24, 2.45) is 5.73 Å². The Bertz CT molecular complexity index is 586. The normalized spacial score (nSPS) is 12.5. The molecular formula is C13H18N2O5S. The van der Waals surface area contributed by atoms with E-state index in [1.54, 1.807) is 16.9 Å². The number of benzene rings is 1. The molecule has 1 aromatic carbocycles. The van der Waals surface area contributed by atoms with Gasteiger partial charge in [0.05, 0.1) is 6.26 Å². The average molecular weight is 314 g/mol. The molecule has 21 heavy (non-hydrogen) atoms. The molecule has 7 nitrogen and oxygen atoms in total. The summed E-state index contributed by atoms with van der Waals surface area (Å²) in [6, 6.07) is 8.12. The second kappa shape index (κ2) is 7.75. The van der Waals surface area contributed by atoms with Gasteiger partial charge in [-0.2, -0.15) is 0 Å². The zero-order valence-electron chi connectivity index (χ0n) is 11.6. The van der Waals surface area contributed by atoms with Gasteiger partial charge in [-0.15, -0.1) is 0 Å². The molecule has 1 amide bonds. The van der Waals surface area contributed by atoms with Gasteiger partial charge in [-0.3, -0.25) is 14.3 Å². The fourth-order valence-electron chi connectivity index (χ4n) is 1.50. The summed E-state index contributed by atoms with van der Waals surface area (Å²) in [7, 11) is -3.59. The topological polar surface area (TPSA) is 116 Å². The minimum atomic E-state index is -3.59. The average Bonchev–Trinajstić information content (AvgIpc) is 2.41. The molecule has 0 fully saturated rings. The number of hydrogen-bond donors (Lipinski definition) is 2. The van der Waals surface area contributed by atoms with Crippen LogP contribution in [0.25, 0.3) is 0 Å². The monoisotopic (exact) mass is 314 g/mol. The van der Waals surface area contributed by atoms with Crippen LogP contribution in [0.4, 0.5) is 0 Å². The molecule has 0 spiro atoms. The van der Waals surface area contributed by atoms with Crippen molar-refractivity contribution in [1.82, 2.24) is 4.72 Å². The number of hydrogen-bond acceptors (Lipinski definition) is 6. The van der Waals surface area contributed by atoms with E-state index in [1.165, 1.54) is 0 Å².